The number of carbonyl (C=O) groups excluding carboxylic acids is 1. The Bertz CT molecular complexity index is 775. The van der Waals surface area contributed by atoms with Crippen molar-refractivity contribution >= 4 is 23.3 Å². The van der Waals surface area contributed by atoms with Crippen molar-refractivity contribution in [2.24, 2.45) is 7.05 Å². The average molecular weight is 358 g/mol. The molecular weight excluding hydrogens is 336 g/mol. The molecule has 0 spiro atoms. The number of esters is 1. The second-order valence-electron chi connectivity index (χ2n) is 6.10. The number of carbonyl (C=O) groups is 1. The molecular formula is C18H22N4O2S. The molecule has 0 unspecified atom stereocenters. The molecule has 2 aromatic rings. The Morgan fingerprint density at radius 1 is 1.36 bits per heavy atom. The fourth-order valence-electron chi connectivity index (χ4n) is 3.21. The quantitative estimate of drug-likeness (QED) is 0.654. The van der Waals surface area contributed by atoms with Gasteiger partial charge in [0.25, 0.3) is 0 Å². The maximum absolute atomic E-state index is 11.6. The minimum atomic E-state index is -0.245. The van der Waals surface area contributed by atoms with Crippen molar-refractivity contribution in [3.63, 3.8) is 0 Å². The Morgan fingerprint density at radius 3 is 2.76 bits per heavy atom. The largest absolute Gasteiger partial charge is 0.469 e. The summed E-state index contributed by atoms with van der Waals surface area (Å²) in [7, 11) is 3.44. The van der Waals surface area contributed by atoms with E-state index in [1.54, 1.807) is 6.20 Å². The summed E-state index contributed by atoms with van der Waals surface area (Å²) in [6.07, 6.45) is 2.07. The lowest BCUT2D eigenvalue weighted by atomic mass is 10.0. The van der Waals surface area contributed by atoms with Gasteiger partial charge in [-0.2, -0.15) is 0 Å². The first kappa shape index (κ1) is 17.4. The fourth-order valence-corrected chi connectivity index (χ4v) is 3.54. The maximum Gasteiger partial charge on any atom is 0.307 e. The van der Waals surface area contributed by atoms with Gasteiger partial charge < -0.3 is 19.5 Å². The lowest BCUT2D eigenvalue weighted by Gasteiger charge is -2.28. The van der Waals surface area contributed by atoms with E-state index in [1.807, 2.05) is 25.2 Å². The lowest BCUT2D eigenvalue weighted by molar-refractivity contribution is -0.140. The smallest absolute Gasteiger partial charge is 0.307 e. The number of rotatable bonds is 5. The summed E-state index contributed by atoms with van der Waals surface area (Å²) in [5, 5.41) is 4.00. The molecule has 1 fully saturated rings. The summed E-state index contributed by atoms with van der Waals surface area (Å²) >= 11 is 5.56. The van der Waals surface area contributed by atoms with E-state index in [4.69, 9.17) is 17.0 Å². The number of nitrogens with zero attached hydrogens (tertiary/aromatic N) is 3. The van der Waals surface area contributed by atoms with E-state index in [2.05, 4.69) is 38.8 Å². The number of hydrogen-bond donors (Lipinski definition) is 1. The second-order valence-corrected chi connectivity index (χ2v) is 6.49. The van der Waals surface area contributed by atoms with Crippen LogP contribution in [0, 0.1) is 6.92 Å². The average Bonchev–Trinajstić information content (AvgIpc) is 3.13. The maximum atomic E-state index is 11.6. The molecule has 1 saturated heterocycles. The van der Waals surface area contributed by atoms with Crippen LogP contribution in [0.5, 0.6) is 0 Å². The Balaban J connectivity index is 1.97. The molecule has 0 radical (unpaired) electrons. The van der Waals surface area contributed by atoms with Crippen LogP contribution in [0.2, 0.25) is 0 Å². The second kappa shape index (κ2) is 7.23. The van der Waals surface area contributed by atoms with Gasteiger partial charge in [-0.1, -0.05) is 6.07 Å². The normalized spacial score (nSPS) is 19.8. The molecule has 2 atom stereocenters. The molecule has 0 aliphatic carbocycles. The Hall–Kier alpha value is -2.41. The fraction of sp³-hybridized carbons (Fsp3) is 0.389. The van der Waals surface area contributed by atoms with Gasteiger partial charge in [0.2, 0.25) is 0 Å². The van der Waals surface area contributed by atoms with Gasteiger partial charge in [0.1, 0.15) is 0 Å². The number of thiocarbonyl (C=S) groups is 1. The van der Waals surface area contributed by atoms with Crippen molar-refractivity contribution in [2.45, 2.75) is 25.4 Å². The number of hydrogen-bond acceptors (Lipinski definition) is 4. The first-order valence-electron chi connectivity index (χ1n) is 8.20. The standard InChI is InChI=1S/C18H22N4O2S/c1-12-7-8-14(21(12)2)17-16(13-6-4-5-10-19-13)20-18(25)22(17)11-9-15(23)24-3/h4-8,10,16-17H,9,11H2,1-3H3,(H,20,25)/t16-,17+/m1/s1. The van der Waals surface area contributed by atoms with Crippen LogP contribution in [0.25, 0.3) is 0 Å². The minimum Gasteiger partial charge on any atom is -0.469 e. The van der Waals surface area contributed by atoms with E-state index < -0.39 is 0 Å². The molecule has 3 heterocycles. The Morgan fingerprint density at radius 2 is 2.16 bits per heavy atom. The predicted octanol–water partition coefficient (Wildman–Crippen LogP) is 2.26. The highest BCUT2D eigenvalue weighted by Crippen LogP contribution is 2.38. The predicted molar refractivity (Wildman–Crippen MR) is 98.9 cm³/mol. The van der Waals surface area contributed by atoms with Crippen LogP contribution in [0.3, 0.4) is 0 Å². The molecule has 1 N–H and O–H groups in total. The van der Waals surface area contributed by atoms with Gasteiger partial charge in [0, 0.05) is 31.2 Å². The van der Waals surface area contributed by atoms with E-state index in [0.29, 0.717) is 11.7 Å². The van der Waals surface area contributed by atoms with E-state index in [1.165, 1.54) is 12.8 Å². The molecule has 2 aromatic heterocycles. The summed E-state index contributed by atoms with van der Waals surface area (Å²) in [4.78, 5) is 18.2. The van der Waals surface area contributed by atoms with Gasteiger partial charge in [-0.15, -0.1) is 0 Å². The highest BCUT2D eigenvalue weighted by molar-refractivity contribution is 7.80. The molecule has 25 heavy (non-hydrogen) atoms. The van der Waals surface area contributed by atoms with Gasteiger partial charge in [0.05, 0.1) is 31.3 Å². The van der Waals surface area contributed by atoms with Gasteiger partial charge in [-0.25, -0.2) is 0 Å². The number of nitrogens with one attached hydrogen (secondary N) is 1. The highest BCUT2D eigenvalue weighted by Gasteiger charge is 2.41. The Kier molecular flexibility index (Phi) is 5.03. The molecule has 7 heteroatoms. The van der Waals surface area contributed by atoms with Crippen LogP contribution in [0.1, 0.15) is 35.6 Å². The minimum absolute atomic E-state index is 0.0363. The van der Waals surface area contributed by atoms with Crippen molar-refractivity contribution in [3.8, 4) is 0 Å². The van der Waals surface area contributed by atoms with Crippen molar-refractivity contribution in [1.29, 1.82) is 0 Å². The molecule has 0 bridgehead atoms. The van der Waals surface area contributed by atoms with Crippen molar-refractivity contribution < 1.29 is 9.53 Å². The number of ether oxygens (including phenoxy) is 1. The SMILES string of the molecule is COC(=O)CCN1C(=S)N[C@H](c2ccccn2)[C@@H]1c1ccc(C)n1C. The summed E-state index contributed by atoms with van der Waals surface area (Å²) in [6, 6.07) is 9.95. The molecule has 1 aliphatic rings. The molecule has 6 nitrogen and oxygen atoms in total. The molecule has 0 amide bonds. The van der Waals surface area contributed by atoms with E-state index in [-0.39, 0.29) is 24.5 Å². The third-order valence-corrected chi connectivity index (χ3v) is 5.05. The summed E-state index contributed by atoms with van der Waals surface area (Å²) in [5.41, 5.74) is 3.22. The first-order chi connectivity index (χ1) is 12.0. The summed E-state index contributed by atoms with van der Waals surface area (Å²) in [6.45, 7) is 2.56. The molecule has 0 aromatic carbocycles. The first-order valence-corrected chi connectivity index (χ1v) is 8.61. The van der Waals surface area contributed by atoms with E-state index >= 15 is 0 Å². The van der Waals surface area contributed by atoms with Crippen LogP contribution < -0.4 is 5.32 Å². The zero-order valence-corrected chi connectivity index (χ0v) is 15.4. The van der Waals surface area contributed by atoms with Crippen LogP contribution in [-0.4, -0.2) is 39.2 Å². The van der Waals surface area contributed by atoms with E-state index in [0.717, 1.165) is 11.4 Å². The summed E-state index contributed by atoms with van der Waals surface area (Å²) in [5.74, 6) is -0.245. The molecule has 1 aliphatic heterocycles. The zero-order chi connectivity index (χ0) is 18.0. The summed E-state index contributed by atoms with van der Waals surface area (Å²) < 4.78 is 6.93. The van der Waals surface area contributed by atoms with Crippen LogP contribution >= 0.6 is 12.2 Å². The molecule has 132 valence electrons. The number of aryl methyl sites for hydroxylation is 1. The van der Waals surface area contributed by atoms with Crippen LogP contribution in [-0.2, 0) is 16.6 Å². The van der Waals surface area contributed by atoms with Gasteiger partial charge >= 0.3 is 5.97 Å². The Labute approximate surface area is 152 Å². The van der Waals surface area contributed by atoms with E-state index in [9.17, 15) is 4.79 Å². The number of pyridine rings is 1. The molecule has 3 rings (SSSR count). The van der Waals surface area contributed by atoms with Gasteiger partial charge in [-0.05, 0) is 43.4 Å². The molecule has 0 saturated carbocycles. The third-order valence-electron chi connectivity index (χ3n) is 4.70. The lowest BCUT2D eigenvalue weighted by Crippen LogP contribution is -2.32. The van der Waals surface area contributed by atoms with Crippen molar-refractivity contribution in [3.05, 3.63) is 53.6 Å². The van der Waals surface area contributed by atoms with Crippen LogP contribution in [0.4, 0.5) is 0 Å². The van der Waals surface area contributed by atoms with Crippen LogP contribution in [0.15, 0.2) is 36.5 Å². The van der Waals surface area contributed by atoms with Gasteiger partial charge in [-0.3, -0.25) is 9.78 Å². The van der Waals surface area contributed by atoms with Gasteiger partial charge in [0.15, 0.2) is 5.11 Å². The topological polar surface area (TPSA) is 59.4 Å². The highest BCUT2D eigenvalue weighted by atomic mass is 32.1. The zero-order valence-electron chi connectivity index (χ0n) is 14.6. The monoisotopic (exact) mass is 358 g/mol. The number of methoxy groups -OCH3 is 1. The van der Waals surface area contributed by atoms with Crippen molar-refractivity contribution in [1.82, 2.24) is 19.8 Å². The third kappa shape index (κ3) is 3.37. The number of aromatic nitrogens is 2. The van der Waals surface area contributed by atoms with Crippen molar-refractivity contribution in [2.75, 3.05) is 13.7 Å².